The summed E-state index contributed by atoms with van der Waals surface area (Å²) in [5.41, 5.74) is 7.70. The molecule has 0 bridgehead atoms. The van der Waals surface area contributed by atoms with Crippen LogP contribution in [0.25, 0.3) is 10.1 Å². The van der Waals surface area contributed by atoms with Crippen molar-refractivity contribution in [2.24, 2.45) is 0 Å². The number of thioether (sulfide) groups is 1. The Morgan fingerprint density at radius 1 is 1.17 bits per heavy atom. The van der Waals surface area contributed by atoms with Gasteiger partial charge in [-0.3, -0.25) is 0 Å². The van der Waals surface area contributed by atoms with Crippen LogP contribution in [0.5, 0.6) is 0 Å². The summed E-state index contributed by atoms with van der Waals surface area (Å²) in [6, 6.07) is 12.4. The number of pyridine rings is 1. The minimum Gasteiger partial charge on any atom is -0.397 e. The first-order valence-electron chi connectivity index (χ1n) is 5.62. The van der Waals surface area contributed by atoms with Crippen LogP contribution in [0, 0.1) is 0 Å². The zero-order valence-electron chi connectivity index (χ0n) is 9.67. The number of nitrogens with zero attached hydrogens (tertiary/aromatic N) is 1. The van der Waals surface area contributed by atoms with Crippen LogP contribution in [0.3, 0.4) is 0 Å². The van der Waals surface area contributed by atoms with E-state index in [-0.39, 0.29) is 0 Å². The smallest absolute Gasteiger partial charge is 0.0964 e. The number of benzene rings is 1. The first kappa shape index (κ1) is 11.6. The molecule has 4 heteroatoms. The number of nitrogens with two attached hydrogens (primary N) is 1. The number of nitrogen functional groups attached to an aromatic ring is 1. The lowest BCUT2D eigenvalue weighted by molar-refractivity contribution is 1.14. The Bertz CT molecular complexity index is 659. The molecule has 0 amide bonds. The largest absolute Gasteiger partial charge is 0.397 e. The normalized spacial score (nSPS) is 10.9. The molecule has 2 N–H and O–H groups in total. The molecule has 2 aromatic heterocycles. The number of fused-ring (bicyclic) bond motifs is 1. The third-order valence-corrected chi connectivity index (χ3v) is 4.70. The average Bonchev–Trinajstić information content (AvgIpc) is 2.82. The quantitative estimate of drug-likeness (QED) is 0.727. The lowest BCUT2D eigenvalue weighted by Crippen LogP contribution is -1.87. The van der Waals surface area contributed by atoms with E-state index >= 15 is 0 Å². The number of rotatable bonds is 3. The second-order valence-corrected chi connectivity index (χ2v) is 5.88. The molecular formula is C14H12N2S2. The summed E-state index contributed by atoms with van der Waals surface area (Å²) in [5, 5.41) is 4.60. The van der Waals surface area contributed by atoms with Crippen molar-refractivity contribution >= 4 is 38.9 Å². The maximum atomic E-state index is 5.62. The molecule has 0 fully saturated rings. The fourth-order valence-electron chi connectivity index (χ4n) is 1.77. The molecule has 0 aliphatic rings. The third-order valence-electron chi connectivity index (χ3n) is 2.70. The molecule has 0 spiro atoms. The van der Waals surface area contributed by atoms with Gasteiger partial charge in [0, 0.05) is 10.5 Å². The van der Waals surface area contributed by atoms with E-state index < -0.39 is 0 Å². The van der Waals surface area contributed by atoms with E-state index in [1.165, 1.54) is 15.6 Å². The summed E-state index contributed by atoms with van der Waals surface area (Å²) in [7, 11) is 0. The van der Waals surface area contributed by atoms with Gasteiger partial charge in [0.2, 0.25) is 0 Å². The summed E-state index contributed by atoms with van der Waals surface area (Å²) in [4.78, 5) is 4.30. The van der Waals surface area contributed by atoms with Gasteiger partial charge in [-0.2, -0.15) is 0 Å². The van der Waals surface area contributed by atoms with Gasteiger partial charge in [0.25, 0.3) is 0 Å². The summed E-state index contributed by atoms with van der Waals surface area (Å²) < 4.78 is 1.35. The van der Waals surface area contributed by atoms with Gasteiger partial charge in [-0.05, 0) is 34.5 Å². The molecule has 1 aromatic carbocycles. The molecule has 0 radical (unpaired) electrons. The Labute approximate surface area is 114 Å². The molecule has 0 saturated carbocycles. The van der Waals surface area contributed by atoms with Crippen LogP contribution in [0.4, 0.5) is 5.69 Å². The molecular weight excluding hydrogens is 260 g/mol. The van der Waals surface area contributed by atoms with Crippen LogP contribution in [-0.2, 0) is 5.75 Å². The lowest BCUT2D eigenvalue weighted by atomic mass is 10.2. The second kappa shape index (κ2) is 5.00. The van der Waals surface area contributed by atoms with Gasteiger partial charge in [0.1, 0.15) is 0 Å². The molecule has 2 heterocycles. The van der Waals surface area contributed by atoms with Crippen molar-refractivity contribution in [3.05, 3.63) is 53.5 Å². The maximum absolute atomic E-state index is 5.62. The predicted octanol–water partition coefficient (Wildman–Crippen LogP) is 4.17. The Morgan fingerprint density at radius 2 is 2.06 bits per heavy atom. The van der Waals surface area contributed by atoms with Gasteiger partial charge in [0.05, 0.1) is 16.9 Å². The molecule has 90 valence electrons. The molecule has 0 aliphatic heterocycles. The van der Waals surface area contributed by atoms with Gasteiger partial charge in [-0.25, -0.2) is 4.98 Å². The van der Waals surface area contributed by atoms with Crippen molar-refractivity contribution in [1.29, 1.82) is 0 Å². The molecule has 0 saturated heterocycles. The fraction of sp³-hybridized carbons (Fsp3) is 0.0714. The number of thiophene rings is 1. The van der Waals surface area contributed by atoms with Crippen molar-refractivity contribution in [3.8, 4) is 0 Å². The first-order valence-corrected chi connectivity index (χ1v) is 7.49. The van der Waals surface area contributed by atoms with Crippen LogP contribution in [0.1, 0.15) is 5.56 Å². The van der Waals surface area contributed by atoms with E-state index in [0.29, 0.717) is 5.69 Å². The first-order chi connectivity index (χ1) is 8.83. The minimum absolute atomic E-state index is 0.709. The third kappa shape index (κ3) is 2.35. The van der Waals surface area contributed by atoms with E-state index in [1.807, 2.05) is 12.1 Å². The Balaban J connectivity index is 1.79. The van der Waals surface area contributed by atoms with E-state index in [1.54, 1.807) is 29.3 Å². The monoisotopic (exact) mass is 272 g/mol. The van der Waals surface area contributed by atoms with Crippen molar-refractivity contribution < 1.29 is 0 Å². The molecule has 0 aliphatic carbocycles. The summed E-state index contributed by atoms with van der Waals surface area (Å²) >= 11 is 3.54. The van der Waals surface area contributed by atoms with E-state index in [0.717, 1.165) is 10.8 Å². The summed E-state index contributed by atoms with van der Waals surface area (Å²) in [6.45, 7) is 0. The Morgan fingerprint density at radius 3 is 2.89 bits per heavy atom. The van der Waals surface area contributed by atoms with Crippen LogP contribution in [0.15, 0.2) is 53.0 Å². The molecule has 0 atom stereocenters. The highest BCUT2D eigenvalue weighted by Crippen LogP contribution is 2.30. The molecule has 3 aromatic rings. The van der Waals surface area contributed by atoms with Gasteiger partial charge in [0.15, 0.2) is 0 Å². The predicted molar refractivity (Wildman–Crippen MR) is 80.0 cm³/mol. The van der Waals surface area contributed by atoms with Crippen molar-refractivity contribution in [3.63, 3.8) is 0 Å². The summed E-state index contributed by atoms with van der Waals surface area (Å²) in [6.07, 6.45) is 1.70. The van der Waals surface area contributed by atoms with Crippen LogP contribution in [-0.4, -0.2) is 4.98 Å². The van der Waals surface area contributed by atoms with Gasteiger partial charge in [-0.15, -0.1) is 23.1 Å². The van der Waals surface area contributed by atoms with Crippen LogP contribution >= 0.6 is 23.1 Å². The van der Waals surface area contributed by atoms with Crippen LogP contribution < -0.4 is 5.73 Å². The second-order valence-electron chi connectivity index (χ2n) is 3.98. The average molecular weight is 272 g/mol. The molecule has 18 heavy (non-hydrogen) atoms. The van der Waals surface area contributed by atoms with Crippen LogP contribution in [0.2, 0.25) is 0 Å². The van der Waals surface area contributed by atoms with E-state index in [2.05, 4.69) is 34.6 Å². The maximum Gasteiger partial charge on any atom is 0.0964 e. The highest BCUT2D eigenvalue weighted by Gasteiger charge is 2.04. The number of hydrogen-bond acceptors (Lipinski definition) is 4. The number of aromatic nitrogens is 1. The Kier molecular flexibility index (Phi) is 3.21. The molecule has 3 rings (SSSR count). The minimum atomic E-state index is 0.709. The van der Waals surface area contributed by atoms with Gasteiger partial charge in [-0.1, -0.05) is 18.2 Å². The fourth-order valence-corrected chi connectivity index (χ4v) is 3.68. The van der Waals surface area contributed by atoms with E-state index in [4.69, 9.17) is 5.73 Å². The van der Waals surface area contributed by atoms with Gasteiger partial charge < -0.3 is 5.73 Å². The highest BCUT2D eigenvalue weighted by molar-refractivity contribution is 7.98. The lowest BCUT2D eigenvalue weighted by Gasteiger charge is -2.00. The standard InChI is InChI=1S/C14H12N2S2/c15-11-5-6-14(16-7-11)18-9-10-8-17-13-4-2-1-3-12(10)13/h1-8H,9,15H2. The Hall–Kier alpha value is -1.52. The number of hydrogen-bond donors (Lipinski definition) is 1. The highest BCUT2D eigenvalue weighted by atomic mass is 32.2. The van der Waals surface area contributed by atoms with Gasteiger partial charge >= 0.3 is 0 Å². The molecule has 2 nitrogen and oxygen atoms in total. The van der Waals surface area contributed by atoms with Crippen molar-refractivity contribution in [2.75, 3.05) is 5.73 Å². The van der Waals surface area contributed by atoms with Crippen molar-refractivity contribution in [1.82, 2.24) is 4.98 Å². The number of anilines is 1. The zero-order valence-corrected chi connectivity index (χ0v) is 11.3. The zero-order chi connectivity index (χ0) is 12.4. The van der Waals surface area contributed by atoms with E-state index in [9.17, 15) is 0 Å². The molecule has 0 unspecified atom stereocenters. The topological polar surface area (TPSA) is 38.9 Å². The SMILES string of the molecule is Nc1ccc(SCc2csc3ccccc23)nc1. The summed E-state index contributed by atoms with van der Waals surface area (Å²) in [5.74, 6) is 0.945. The van der Waals surface area contributed by atoms with Crippen molar-refractivity contribution in [2.45, 2.75) is 10.8 Å².